The van der Waals surface area contributed by atoms with Crippen molar-refractivity contribution in [3.05, 3.63) is 107 Å². The number of hydrogen-bond donors (Lipinski definition) is 1. The number of ether oxygens (including phenoxy) is 1. The highest BCUT2D eigenvalue weighted by Crippen LogP contribution is 2.37. The summed E-state index contributed by atoms with van der Waals surface area (Å²) in [6.45, 7) is 9.21. The Bertz CT molecular complexity index is 1280. The average molecular weight is 437 g/mol. The lowest BCUT2D eigenvalue weighted by Crippen LogP contribution is -2.19. The molecular formula is C30H28O3. The summed E-state index contributed by atoms with van der Waals surface area (Å²) in [4.78, 5) is 10.5. The van der Waals surface area contributed by atoms with Gasteiger partial charge in [-0.2, -0.15) is 0 Å². The number of rotatable bonds is 6. The summed E-state index contributed by atoms with van der Waals surface area (Å²) in [5.74, 6) is 0.813. The molecule has 0 bridgehead atoms. The summed E-state index contributed by atoms with van der Waals surface area (Å²) in [7, 11) is 0. The standard InChI is InChI=1S/C30H28O3/c1-20-17-24(9-15-28(20)22-5-11-26(32)12-6-22)30(3,4)25-10-16-29(21(2)18-25)23-7-13-27(14-8-23)33-19-31/h5-19,32H,1-4H3. The molecule has 0 radical (unpaired) electrons. The first-order chi connectivity index (χ1) is 15.8. The maximum absolute atomic E-state index is 10.5. The van der Waals surface area contributed by atoms with Crippen LogP contribution in [0.3, 0.4) is 0 Å². The van der Waals surface area contributed by atoms with Gasteiger partial charge in [-0.1, -0.05) is 74.5 Å². The molecule has 3 heteroatoms. The third-order valence-corrected chi connectivity index (χ3v) is 6.42. The highest BCUT2D eigenvalue weighted by Gasteiger charge is 2.24. The Morgan fingerprint density at radius 1 is 0.697 bits per heavy atom. The van der Waals surface area contributed by atoms with Crippen LogP contribution in [0.5, 0.6) is 11.5 Å². The largest absolute Gasteiger partial charge is 0.508 e. The monoisotopic (exact) mass is 436 g/mol. The van der Waals surface area contributed by atoms with Crippen LogP contribution >= 0.6 is 0 Å². The number of benzene rings is 4. The molecule has 33 heavy (non-hydrogen) atoms. The van der Waals surface area contributed by atoms with E-state index >= 15 is 0 Å². The van der Waals surface area contributed by atoms with Crippen molar-refractivity contribution in [1.29, 1.82) is 0 Å². The van der Waals surface area contributed by atoms with Gasteiger partial charge in [-0.15, -0.1) is 0 Å². The van der Waals surface area contributed by atoms with Crippen LogP contribution in [-0.4, -0.2) is 11.6 Å². The summed E-state index contributed by atoms with van der Waals surface area (Å²) in [6, 6.07) is 28.1. The summed E-state index contributed by atoms with van der Waals surface area (Å²) in [5, 5.41) is 9.58. The quantitative estimate of drug-likeness (QED) is 0.325. The topological polar surface area (TPSA) is 46.5 Å². The van der Waals surface area contributed by atoms with Gasteiger partial charge >= 0.3 is 0 Å². The Kier molecular flexibility index (Phi) is 6.06. The molecular weight excluding hydrogens is 408 g/mol. The van der Waals surface area contributed by atoms with Gasteiger partial charge in [0.1, 0.15) is 11.5 Å². The Morgan fingerprint density at radius 2 is 1.15 bits per heavy atom. The molecule has 0 aliphatic rings. The maximum atomic E-state index is 10.5. The van der Waals surface area contributed by atoms with Crippen LogP contribution in [0.1, 0.15) is 36.1 Å². The maximum Gasteiger partial charge on any atom is 0.298 e. The fraction of sp³-hybridized carbons (Fsp3) is 0.167. The van der Waals surface area contributed by atoms with E-state index in [2.05, 4.69) is 64.1 Å². The number of carbonyl (C=O) groups is 1. The van der Waals surface area contributed by atoms with Gasteiger partial charge in [0.25, 0.3) is 6.47 Å². The van der Waals surface area contributed by atoms with Gasteiger partial charge in [0, 0.05) is 5.41 Å². The molecule has 0 aliphatic heterocycles. The number of aromatic hydroxyl groups is 1. The van der Waals surface area contributed by atoms with Crippen LogP contribution in [0.15, 0.2) is 84.9 Å². The van der Waals surface area contributed by atoms with Gasteiger partial charge in [0.2, 0.25) is 0 Å². The second-order valence-corrected chi connectivity index (χ2v) is 8.97. The van der Waals surface area contributed by atoms with Crippen molar-refractivity contribution in [1.82, 2.24) is 0 Å². The van der Waals surface area contributed by atoms with Gasteiger partial charge in [-0.3, -0.25) is 4.79 Å². The Morgan fingerprint density at radius 3 is 1.58 bits per heavy atom. The molecule has 3 nitrogen and oxygen atoms in total. The van der Waals surface area contributed by atoms with E-state index in [0.29, 0.717) is 12.2 Å². The molecule has 0 spiro atoms. The van der Waals surface area contributed by atoms with Gasteiger partial charge in [-0.25, -0.2) is 0 Å². The van der Waals surface area contributed by atoms with Crippen LogP contribution in [0, 0.1) is 13.8 Å². The molecule has 0 fully saturated rings. The molecule has 0 atom stereocenters. The zero-order valence-electron chi connectivity index (χ0n) is 19.4. The van der Waals surface area contributed by atoms with Crippen molar-refractivity contribution in [2.45, 2.75) is 33.1 Å². The molecule has 0 aliphatic carbocycles. The van der Waals surface area contributed by atoms with E-state index in [9.17, 15) is 9.90 Å². The van der Waals surface area contributed by atoms with Crippen LogP contribution in [0.4, 0.5) is 0 Å². The Balaban J connectivity index is 1.64. The van der Waals surface area contributed by atoms with Crippen LogP contribution < -0.4 is 4.74 Å². The summed E-state index contributed by atoms with van der Waals surface area (Å²) in [6.07, 6.45) is 0. The van der Waals surface area contributed by atoms with Gasteiger partial charge in [0.05, 0.1) is 0 Å². The molecule has 166 valence electrons. The lowest BCUT2D eigenvalue weighted by atomic mass is 9.76. The van der Waals surface area contributed by atoms with Crippen molar-refractivity contribution in [3.8, 4) is 33.8 Å². The first kappa shape index (κ1) is 22.3. The van der Waals surface area contributed by atoms with Crippen LogP contribution in [-0.2, 0) is 10.2 Å². The van der Waals surface area contributed by atoms with E-state index in [0.717, 1.165) is 16.7 Å². The summed E-state index contributed by atoms with van der Waals surface area (Å²) in [5.41, 5.74) is 9.26. The predicted molar refractivity (Wildman–Crippen MR) is 134 cm³/mol. The number of phenolic OH excluding ortho intramolecular Hbond substituents is 1. The fourth-order valence-electron chi connectivity index (χ4n) is 4.33. The van der Waals surface area contributed by atoms with E-state index in [1.807, 2.05) is 24.3 Å². The van der Waals surface area contributed by atoms with Crippen LogP contribution in [0.2, 0.25) is 0 Å². The minimum Gasteiger partial charge on any atom is -0.508 e. The molecule has 4 aromatic rings. The Hall–Kier alpha value is -3.85. The van der Waals surface area contributed by atoms with E-state index in [-0.39, 0.29) is 11.2 Å². The Labute approximate surface area is 195 Å². The highest BCUT2D eigenvalue weighted by molar-refractivity contribution is 5.70. The molecule has 4 rings (SSSR count). The van der Waals surface area contributed by atoms with E-state index in [4.69, 9.17) is 4.74 Å². The fourth-order valence-corrected chi connectivity index (χ4v) is 4.33. The van der Waals surface area contributed by atoms with Crippen molar-refractivity contribution in [3.63, 3.8) is 0 Å². The van der Waals surface area contributed by atoms with Crippen molar-refractivity contribution >= 4 is 6.47 Å². The highest BCUT2D eigenvalue weighted by atomic mass is 16.5. The van der Waals surface area contributed by atoms with Crippen molar-refractivity contribution in [2.24, 2.45) is 0 Å². The number of hydrogen-bond acceptors (Lipinski definition) is 3. The number of carbonyl (C=O) groups excluding carboxylic acids is 1. The number of aryl methyl sites for hydroxylation is 2. The molecule has 1 N–H and O–H groups in total. The molecule has 0 heterocycles. The third kappa shape index (κ3) is 4.54. The zero-order chi connectivity index (χ0) is 23.6. The molecule has 0 amide bonds. The number of phenols is 1. The minimum atomic E-state index is -0.163. The lowest BCUT2D eigenvalue weighted by molar-refractivity contribution is -0.120. The third-order valence-electron chi connectivity index (χ3n) is 6.42. The van der Waals surface area contributed by atoms with Gasteiger partial charge in [-0.05, 0) is 82.6 Å². The van der Waals surface area contributed by atoms with E-state index in [1.54, 1.807) is 24.3 Å². The normalized spacial score (nSPS) is 11.3. The van der Waals surface area contributed by atoms with Crippen LogP contribution in [0.25, 0.3) is 22.3 Å². The lowest BCUT2D eigenvalue weighted by Gasteiger charge is -2.28. The zero-order valence-corrected chi connectivity index (χ0v) is 19.4. The van der Waals surface area contributed by atoms with E-state index in [1.165, 1.54) is 27.8 Å². The van der Waals surface area contributed by atoms with E-state index < -0.39 is 0 Å². The predicted octanol–water partition coefficient (Wildman–Crippen LogP) is 7.20. The van der Waals surface area contributed by atoms with Gasteiger partial charge < -0.3 is 9.84 Å². The summed E-state index contributed by atoms with van der Waals surface area (Å²) < 4.78 is 4.90. The van der Waals surface area contributed by atoms with Crippen molar-refractivity contribution < 1.29 is 14.6 Å². The minimum absolute atomic E-state index is 0.163. The summed E-state index contributed by atoms with van der Waals surface area (Å²) >= 11 is 0. The first-order valence-corrected chi connectivity index (χ1v) is 11.0. The molecule has 0 aromatic heterocycles. The smallest absolute Gasteiger partial charge is 0.298 e. The molecule has 0 unspecified atom stereocenters. The second kappa shape index (κ2) is 8.95. The average Bonchev–Trinajstić information content (AvgIpc) is 2.80. The molecule has 4 aromatic carbocycles. The molecule has 0 saturated carbocycles. The molecule has 0 saturated heterocycles. The first-order valence-electron chi connectivity index (χ1n) is 11.0. The SMILES string of the molecule is Cc1cc(C(C)(C)c2ccc(-c3ccc(OC=O)cc3)c(C)c2)ccc1-c1ccc(O)cc1. The van der Waals surface area contributed by atoms with Crippen molar-refractivity contribution in [2.75, 3.05) is 0 Å². The second-order valence-electron chi connectivity index (χ2n) is 8.97. The van der Waals surface area contributed by atoms with Gasteiger partial charge in [0.15, 0.2) is 0 Å².